The number of halogens is 1. The van der Waals surface area contributed by atoms with Crippen molar-refractivity contribution in [3.63, 3.8) is 0 Å². The zero-order valence-electron chi connectivity index (χ0n) is 16.9. The van der Waals surface area contributed by atoms with Gasteiger partial charge in [-0.3, -0.25) is 4.79 Å². The predicted octanol–water partition coefficient (Wildman–Crippen LogP) is 4.29. The van der Waals surface area contributed by atoms with Gasteiger partial charge >= 0.3 is 0 Å². The Bertz CT molecular complexity index is 1060. The summed E-state index contributed by atoms with van der Waals surface area (Å²) in [5.41, 5.74) is 2.48. The van der Waals surface area contributed by atoms with Gasteiger partial charge in [-0.15, -0.1) is 0 Å². The molecular formula is C25H26ClN3O. The van der Waals surface area contributed by atoms with Crippen molar-refractivity contribution in [2.45, 2.75) is 18.4 Å². The summed E-state index contributed by atoms with van der Waals surface area (Å²) in [5, 5.41) is 6.74. The lowest BCUT2D eigenvalue weighted by atomic mass is 9.96. The molecule has 0 unspecified atom stereocenters. The van der Waals surface area contributed by atoms with E-state index in [9.17, 15) is 4.79 Å². The van der Waals surface area contributed by atoms with E-state index in [-0.39, 0.29) is 11.9 Å². The molecule has 0 bridgehead atoms. The minimum Gasteiger partial charge on any atom is -0.367 e. The largest absolute Gasteiger partial charge is 0.367 e. The Kier molecular flexibility index (Phi) is 5.36. The summed E-state index contributed by atoms with van der Waals surface area (Å²) in [6.07, 6.45) is 0.836. The highest BCUT2D eigenvalue weighted by Crippen LogP contribution is 2.30. The van der Waals surface area contributed by atoms with Crippen LogP contribution in [-0.2, 0) is 4.79 Å². The van der Waals surface area contributed by atoms with E-state index in [0.717, 1.165) is 44.2 Å². The van der Waals surface area contributed by atoms with Gasteiger partial charge in [0, 0.05) is 48.8 Å². The number of hydrogen-bond donors (Lipinski definition) is 1. The molecule has 154 valence electrons. The van der Waals surface area contributed by atoms with E-state index in [4.69, 9.17) is 11.6 Å². The maximum absolute atomic E-state index is 13.1. The Labute approximate surface area is 182 Å². The molecule has 0 saturated carbocycles. The molecule has 1 N–H and O–H groups in total. The fourth-order valence-corrected chi connectivity index (χ4v) is 5.01. The third kappa shape index (κ3) is 3.78. The molecule has 4 nitrogen and oxygen atoms in total. The van der Waals surface area contributed by atoms with E-state index in [1.165, 1.54) is 22.0 Å². The van der Waals surface area contributed by atoms with Crippen LogP contribution in [-0.4, -0.2) is 49.6 Å². The number of anilines is 1. The van der Waals surface area contributed by atoms with Crippen molar-refractivity contribution in [2.75, 3.05) is 37.6 Å². The molecule has 0 aromatic heterocycles. The van der Waals surface area contributed by atoms with Crippen molar-refractivity contribution in [1.82, 2.24) is 10.2 Å². The normalized spacial score (nSPS) is 21.9. The molecule has 0 radical (unpaired) electrons. The molecular weight excluding hydrogens is 394 g/mol. The average molecular weight is 420 g/mol. The van der Waals surface area contributed by atoms with Gasteiger partial charge in [-0.05, 0) is 41.5 Å². The molecule has 0 spiro atoms. The fraction of sp³-hybridized carbons (Fsp3) is 0.320. The second-order valence-electron chi connectivity index (χ2n) is 8.26. The van der Waals surface area contributed by atoms with Crippen LogP contribution < -0.4 is 10.2 Å². The van der Waals surface area contributed by atoms with Crippen molar-refractivity contribution < 1.29 is 4.79 Å². The summed E-state index contributed by atoms with van der Waals surface area (Å²) in [6.45, 7) is 4.09. The van der Waals surface area contributed by atoms with Crippen molar-refractivity contribution in [3.05, 3.63) is 77.3 Å². The van der Waals surface area contributed by atoms with E-state index < -0.39 is 0 Å². The van der Waals surface area contributed by atoms with Crippen LogP contribution in [0.2, 0.25) is 5.02 Å². The topological polar surface area (TPSA) is 35.6 Å². The molecule has 3 aromatic rings. The lowest BCUT2D eigenvalue weighted by Crippen LogP contribution is -2.53. The summed E-state index contributed by atoms with van der Waals surface area (Å²) in [6, 6.07) is 22.9. The van der Waals surface area contributed by atoms with E-state index in [0.29, 0.717) is 5.92 Å². The number of benzene rings is 3. The van der Waals surface area contributed by atoms with Gasteiger partial charge in [0.05, 0.1) is 6.04 Å². The minimum absolute atomic E-state index is 0.0990. The van der Waals surface area contributed by atoms with Crippen LogP contribution in [0.3, 0.4) is 0 Å². The van der Waals surface area contributed by atoms with Gasteiger partial charge in [0.1, 0.15) is 0 Å². The lowest BCUT2D eigenvalue weighted by molar-refractivity contribution is -0.133. The van der Waals surface area contributed by atoms with E-state index in [1.807, 2.05) is 23.1 Å². The third-order valence-electron chi connectivity index (χ3n) is 6.45. The summed E-state index contributed by atoms with van der Waals surface area (Å²) >= 11 is 6.14. The van der Waals surface area contributed by atoms with E-state index in [1.54, 1.807) is 0 Å². The van der Waals surface area contributed by atoms with Gasteiger partial charge in [0.15, 0.2) is 0 Å². The molecule has 2 aliphatic rings. The summed E-state index contributed by atoms with van der Waals surface area (Å²) < 4.78 is 0. The predicted molar refractivity (Wildman–Crippen MR) is 123 cm³/mol. The maximum Gasteiger partial charge on any atom is 0.239 e. The molecule has 0 aliphatic carbocycles. The van der Waals surface area contributed by atoms with Gasteiger partial charge in [-0.25, -0.2) is 0 Å². The first-order valence-corrected chi connectivity index (χ1v) is 11.1. The summed E-state index contributed by atoms with van der Waals surface area (Å²) in [7, 11) is 0. The van der Waals surface area contributed by atoms with Crippen LogP contribution in [0.4, 0.5) is 5.69 Å². The monoisotopic (exact) mass is 419 g/mol. The highest BCUT2D eigenvalue weighted by atomic mass is 35.5. The molecule has 3 aromatic carbocycles. The number of fused-ring (bicyclic) bond motifs is 1. The number of hydrogen-bond acceptors (Lipinski definition) is 3. The quantitative estimate of drug-likeness (QED) is 0.688. The SMILES string of the molecule is O=C([C@H]1C[C@@H](c2cccc(Cl)c2)CN1)N1CCN(c2cccc3ccccc23)CC1. The molecule has 2 heterocycles. The fourth-order valence-electron chi connectivity index (χ4n) is 4.81. The Morgan fingerprint density at radius 1 is 0.933 bits per heavy atom. The minimum atomic E-state index is -0.0990. The first-order valence-electron chi connectivity index (χ1n) is 10.7. The molecule has 2 aliphatic heterocycles. The Balaban J connectivity index is 1.22. The number of nitrogens with zero attached hydrogens (tertiary/aromatic N) is 2. The van der Waals surface area contributed by atoms with Gasteiger partial charge in [-0.2, -0.15) is 0 Å². The first-order chi connectivity index (χ1) is 14.7. The van der Waals surface area contributed by atoms with E-state index in [2.05, 4.69) is 58.7 Å². The van der Waals surface area contributed by atoms with Crippen molar-refractivity contribution in [2.24, 2.45) is 0 Å². The summed E-state index contributed by atoms with van der Waals surface area (Å²) in [4.78, 5) is 17.6. The molecule has 2 atom stereocenters. The highest BCUT2D eigenvalue weighted by molar-refractivity contribution is 6.30. The van der Waals surface area contributed by atoms with Gasteiger partial charge in [0.25, 0.3) is 0 Å². The third-order valence-corrected chi connectivity index (χ3v) is 6.68. The molecule has 5 rings (SSSR count). The van der Waals surface area contributed by atoms with Crippen LogP contribution in [0.25, 0.3) is 10.8 Å². The van der Waals surface area contributed by atoms with Crippen molar-refractivity contribution in [3.8, 4) is 0 Å². The zero-order chi connectivity index (χ0) is 20.5. The molecule has 1 amide bonds. The van der Waals surface area contributed by atoms with Crippen LogP contribution in [0.1, 0.15) is 17.9 Å². The van der Waals surface area contributed by atoms with Crippen LogP contribution in [0, 0.1) is 0 Å². The van der Waals surface area contributed by atoms with Gasteiger partial charge in [-0.1, -0.05) is 60.1 Å². The standard InChI is InChI=1S/C25H26ClN3O/c26-21-8-3-7-19(15-21)20-16-23(27-17-20)25(30)29-13-11-28(12-14-29)24-10-4-6-18-5-1-2-9-22(18)24/h1-10,15,20,23,27H,11-14,16-17H2/t20-,23-/m1/s1. The molecule has 2 saturated heterocycles. The highest BCUT2D eigenvalue weighted by Gasteiger charge is 2.34. The number of carbonyl (C=O) groups excluding carboxylic acids is 1. The first kappa shape index (κ1) is 19.4. The molecule has 2 fully saturated rings. The lowest BCUT2D eigenvalue weighted by Gasteiger charge is -2.37. The Hall–Kier alpha value is -2.56. The van der Waals surface area contributed by atoms with Crippen molar-refractivity contribution >= 4 is 34.0 Å². The average Bonchev–Trinajstić information content (AvgIpc) is 3.29. The maximum atomic E-state index is 13.1. The van der Waals surface area contributed by atoms with Crippen LogP contribution in [0.15, 0.2) is 66.7 Å². The number of nitrogens with one attached hydrogen (secondary N) is 1. The molecule has 30 heavy (non-hydrogen) atoms. The second-order valence-corrected chi connectivity index (χ2v) is 8.70. The number of piperazine rings is 1. The van der Waals surface area contributed by atoms with Gasteiger partial charge in [0.2, 0.25) is 5.91 Å². The molecule has 5 heteroatoms. The Morgan fingerprint density at radius 3 is 2.53 bits per heavy atom. The number of rotatable bonds is 3. The van der Waals surface area contributed by atoms with Crippen molar-refractivity contribution in [1.29, 1.82) is 0 Å². The number of carbonyl (C=O) groups is 1. The van der Waals surface area contributed by atoms with Crippen LogP contribution >= 0.6 is 11.6 Å². The second kappa shape index (κ2) is 8.29. The van der Waals surface area contributed by atoms with Crippen LogP contribution in [0.5, 0.6) is 0 Å². The number of amides is 1. The summed E-state index contributed by atoms with van der Waals surface area (Å²) in [5.74, 6) is 0.576. The van der Waals surface area contributed by atoms with E-state index >= 15 is 0 Å². The smallest absolute Gasteiger partial charge is 0.239 e. The Morgan fingerprint density at radius 2 is 1.70 bits per heavy atom. The zero-order valence-corrected chi connectivity index (χ0v) is 17.7. The van der Waals surface area contributed by atoms with Gasteiger partial charge < -0.3 is 15.1 Å².